The van der Waals surface area contributed by atoms with Crippen molar-refractivity contribution in [2.45, 2.75) is 57.9 Å². The third-order valence-electron chi connectivity index (χ3n) is 3.66. The molecule has 0 spiro atoms. The molecule has 2 unspecified atom stereocenters. The summed E-state index contributed by atoms with van der Waals surface area (Å²) in [5.41, 5.74) is 0. The highest BCUT2D eigenvalue weighted by molar-refractivity contribution is 7.90. The largest absolute Gasteiger partial charge is 0.314 e. The van der Waals surface area contributed by atoms with E-state index < -0.39 is 9.84 Å². The van der Waals surface area contributed by atoms with E-state index in [2.05, 4.69) is 12.2 Å². The number of rotatable bonds is 7. The summed E-state index contributed by atoms with van der Waals surface area (Å²) in [7, 11) is -2.78. The Morgan fingerprint density at radius 2 is 1.94 bits per heavy atom. The van der Waals surface area contributed by atoms with Crippen molar-refractivity contribution in [3.63, 3.8) is 0 Å². The van der Waals surface area contributed by atoms with Gasteiger partial charge in [-0.1, -0.05) is 19.8 Å². The average Bonchev–Trinajstić information content (AvgIpc) is 2.26. The van der Waals surface area contributed by atoms with Crippen LogP contribution in [0.1, 0.15) is 51.9 Å². The Kier molecular flexibility index (Phi) is 6.49. The van der Waals surface area contributed by atoms with Crippen LogP contribution >= 0.6 is 0 Å². The zero-order valence-corrected chi connectivity index (χ0v) is 12.1. The number of nitrogens with one attached hydrogen (secondary N) is 1. The molecule has 3 nitrogen and oxygen atoms in total. The minimum absolute atomic E-state index is 0.351. The van der Waals surface area contributed by atoms with Gasteiger partial charge >= 0.3 is 0 Å². The van der Waals surface area contributed by atoms with Crippen LogP contribution in [0.2, 0.25) is 0 Å². The molecule has 1 fully saturated rings. The Bertz CT molecular complexity index is 301. The van der Waals surface area contributed by atoms with Crippen LogP contribution in [-0.4, -0.2) is 33.0 Å². The molecule has 0 aromatic carbocycles. The summed E-state index contributed by atoms with van der Waals surface area (Å²) in [6, 6.07) is 0.628. The molecule has 0 bridgehead atoms. The van der Waals surface area contributed by atoms with E-state index in [0.29, 0.717) is 17.7 Å². The monoisotopic (exact) mass is 261 g/mol. The fraction of sp³-hybridized carbons (Fsp3) is 1.00. The van der Waals surface area contributed by atoms with Crippen LogP contribution in [0.4, 0.5) is 0 Å². The van der Waals surface area contributed by atoms with Crippen molar-refractivity contribution in [2.75, 3.05) is 18.6 Å². The molecule has 0 aliphatic heterocycles. The quantitative estimate of drug-likeness (QED) is 0.765. The van der Waals surface area contributed by atoms with E-state index >= 15 is 0 Å². The lowest BCUT2D eigenvalue weighted by molar-refractivity contribution is 0.248. The smallest absolute Gasteiger partial charge is 0.147 e. The van der Waals surface area contributed by atoms with E-state index in [1.807, 2.05) is 0 Å². The van der Waals surface area contributed by atoms with Crippen molar-refractivity contribution in [2.24, 2.45) is 5.92 Å². The predicted octanol–water partition coefficient (Wildman–Crippen LogP) is 2.37. The second-order valence-electron chi connectivity index (χ2n) is 5.38. The molecule has 0 aromatic heterocycles. The molecule has 1 aliphatic rings. The van der Waals surface area contributed by atoms with Gasteiger partial charge in [-0.05, 0) is 44.6 Å². The fourth-order valence-corrected chi connectivity index (χ4v) is 3.45. The summed E-state index contributed by atoms with van der Waals surface area (Å²) in [5.74, 6) is 1.04. The van der Waals surface area contributed by atoms with Gasteiger partial charge in [0.05, 0.1) is 0 Å². The Hall–Kier alpha value is -0.0900. The number of hydrogen-bond acceptors (Lipinski definition) is 3. The van der Waals surface area contributed by atoms with Crippen molar-refractivity contribution >= 4 is 9.84 Å². The van der Waals surface area contributed by atoms with E-state index in [0.717, 1.165) is 19.4 Å². The van der Waals surface area contributed by atoms with E-state index in [1.165, 1.54) is 38.4 Å². The van der Waals surface area contributed by atoms with E-state index in [4.69, 9.17) is 0 Å². The third-order valence-corrected chi connectivity index (χ3v) is 4.69. The van der Waals surface area contributed by atoms with Crippen molar-refractivity contribution in [1.29, 1.82) is 0 Å². The SMILES string of the molecule is CCCNC1CCCCC1CCCS(C)(=O)=O. The molecule has 0 amide bonds. The van der Waals surface area contributed by atoms with E-state index in [9.17, 15) is 8.42 Å². The predicted molar refractivity (Wildman–Crippen MR) is 73.0 cm³/mol. The number of sulfone groups is 1. The molecule has 102 valence electrons. The summed E-state index contributed by atoms with van der Waals surface area (Å²) in [4.78, 5) is 0. The molecule has 0 saturated heterocycles. The minimum Gasteiger partial charge on any atom is -0.314 e. The molecular weight excluding hydrogens is 234 g/mol. The van der Waals surface area contributed by atoms with Crippen LogP contribution < -0.4 is 5.32 Å². The first kappa shape index (κ1) is 15.0. The highest BCUT2D eigenvalue weighted by atomic mass is 32.2. The first-order valence-electron chi connectivity index (χ1n) is 6.94. The van der Waals surface area contributed by atoms with Gasteiger partial charge in [0.2, 0.25) is 0 Å². The van der Waals surface area contributed by atoms with Crippen molar-refractivity contribution < 1.29 is 8.42 Å². The summed E-state index contributed by atoms with van der Waals surface area (Å²) in [6.07, 6.45) is 9.57. The van der Waals surface area contributed by atoms with Crippen molar-refractivity contribution in [3.8, 4) is 0 Å². The van der Waals surface area contributed by atoms with Crippen LogP contribution in [0, 0.1) is 5.92 Å². The minimum atomic E-state index is -2.78. The molecule has 0 radical (unpaired) electrons. The Balaban J connectivity index is 2.32. The van der Waals surface area contributed by atoms with Gasteiger partial charge in [0.25, 0.3) is 0 Å². The van der Waals surface area contributed by atoms with Gasteiger partial charge in [-0.3, -0.25) is 0 Å². The van der Waals surface area contributed by atoms with E-state index in [1.54, 1.807) is 0 Å². The summed E-state index contributed by atoms with van der Waals surface area (Å²) in [6.45, 7) is 3.28. The lowest BCUT2D eigenvalue weighted by Crippen LogP contribution is -2.39. The first-order valence-corrected chi connectivity index (χ1v) is 9.00. The van der Waals surface area contributed by atoms with Gasteiger partial charge in [-0.15, -0.1) is 0 Å². The zero-order chi connectivity index (χ0) is 12.7. The molecule has 1 aliphatic carbocycles. The first-order chi connectivity index (χ1) is 8.03. The lowest BCUT2D eigenvalue weighted by Gasteiger charge is -2.32. The van der Waals surface area contributed by atoms with Gasteiger partial charge in [-0.25, -0.2) is 8.42 Å². The summed E-state index contributed by atoms with van der Waals surface area (Å²) in [5, 5.41) is 3.62. The Morgan fingerprint density at radius 3 is 2.59 bits per heavy atom. The second kappa shape index (κ2) is 7.37. The molecule has 0 heterocycles. The average molecular weight is 261 g/mol. The highest BCUT2D eigenvalue weighted by Gasteiger charge is 2.24. The van der Waals surface area contributed by atoms with Crippen LogP contribution in [0.15, 0.2) is 0 Å². The zero-order valence-electron chi connectivity index (χ0n) is 11.2. The van der Waals surface area contributed by atoms with Crippen molar-refractivity contribution in [1.82, 2.24) is 5.32 Å². The standard InChI is InChI=1S/C13H27NO2S/c1-3-10-14-13-9-5-4-7-12(13)8-6-11-17(2,15)16/h12-14H,3-11H2,1-2H3. The van der Waals surface area contributed by atoms with Crippen LogP contribution in [0.3, 0.4) is 0 Å². The number of hydrogen-bond donors (Lipinski definition) is 1. The second-order valence-corrected chi connectivity index (χ2v) is 7.64. The molecule has 1 N–H and O–H groups in total. The molecule has 0 aromatic rings. The molecule has 17 heavy (non-hydrogen) atoms. The topological polar surface area (TPSA) is 46.2 Å². The maximum Gasteiger partial charge on any atom is 0.147 e. The molecule has 4 heteroatoms. The molecule has 1 rings (SSSR count). The van der Waals surface area contributed by atoms with Crippen LogP contribution in [-0.2, 0) is 9.84 Å². The van der Waals surface area contributed by atoms with Crippen LogP contribution in [0.25, 0.3) is 0 Å². The third kappa shape index (κ3) is 6.41. The lowest BCUT2D eigenvalue weighted by atomic mass is 9.82. The van der Waals surface area contributed by atoms with Crippen LogP contribution in [0.5, 0.6) is 0 Å². The normalized spacial score (nSPS) is 26.0. The Morgan fingerprint density at radius 1 is 1.24 bits per heavy atom. The highest BCUT2D eigenvalue weighted by Crippen LogP contribution is 2.28. The molecule has 1 saturated carbocycles. The maximum absolute atomic E-state index is 11.1. The molecule has 2 atom stereocenters. The molecular formula is C13H27NO2S. The van der Waals surface area contributed by atoms with E-state index in [-0.39, 0.29) is 0 Å². The van der Waals surface area contributed by atoms with Crippen molar-refractivity contribution in [3.05, 3.63) is 0 Å². The van der Waals surface area contributed by atoms with Gasteiger partial charge in [0, 0.05) is 18.1 Å². The van der Waals surface area contributed by atoms with Gasteiger partial charge in [-0.2, -0.15) is 0 Å². The fourth-order valence-electron chi connectivity index (χ4n) is 2.76. The van der Waals surface area contributed by atoms with Gasteiger partial charge < -0.3 is 5.32 Å². The Labute approximate surface area is 106 Å². The van der Waals surface area contributed by atoms with Gasteiger partial charge in [0.1, 0.15) is 9.84 Å². The van der Waals surface area contributed by atoms with Gasteiger partial charge in [0.15, 0.2) is 0 Å². The summed E-state index contributed by atoms with van der Waals surface area (Å²) >= 11 is 0. The maximum atomic E-state index is 11.1. The summed E-state index contributed by atoms with van der Waals surface area (Å²) < 4.78 is 22.2.